The number of carbonyl (C=O) groups excluding carboxylic acids is 1. The summed E-state index contributed by atoms with van der Waals surface area (Å²) in [6, 6.07) is 0.148. The molecule has 0 spiro atoms. The molecule has 2 nitrogen and oxygen atoms in total. The summed E-state index contributed by atoms with van der Waals surface area (Å²) < 4.78 is 52.1. The molecule has 0 aromatic heterocycles. The highest BCUT2D eigenvalue weighted by molar-refractivity contribution is 5.94. The van der Waals surface area contributed by atoms with E-state index in [0.29, 0.717) is 18.9 Å². The van der Waals surface area contributed by atoms with Gasteiger partial charge in [-0.2, -0.15) is 0 Å². The first-order valence-electron chi connectivity index (χ1n) is 5.79. The normalized spacial score (nSPS) is 18.4. The summed E-state index contributed by atoms with van der Waals surface area (Å²) in [5.41, 5.74) is -0.828. The Morgan fingerprint density at radius 2 is 1.84 bits per heavy atom. The molecule has 2 rings (SSSR count). The highest BCUT2D eigenvalue weighted by Crippen LogP contribution is 2.19. The molecule has 1 aromatic rings. The second-order valence-corrected chi connectivity index (χ2v) is 4.30. The van der Waals surface area contributed by atoms with E-state index in [9.17, 15) is 22.4 Å². The first kappa shape index (κ1) is 13.6. The summed E-state index contributed by atoms with van der Waals surface area (Å²) in [4.78, 5) is 11.7. The van der Waals surface area contributed by atoms with Crippen molar-refractivity contribution >= 4 is 5.91 Å². The lowest BCUT2D eigenvalue weighted by Gasteiger charge is -2.19. The molecule has 0 saturated carbocycles. The molecular formula is C13H11F4NO. The molecule has 1 aliphatic rings. The van der Waals surface area contributed by atoms with Gasteiger partial charge in [0.2, 0.25) is 0 Å². The van der Waals surface area contributed by atoms with Crippen molar-refractivity contribution in [2.24, 2.45) is 0 Å². The van der Waals surface area contributed by atoms with Crippen molar-refractivity contribution in [1.82, 2.24) is 5.32 Å². The SMILES string of the molecule is O=C(NC1CC=CCC1)c1cc(F)c(F)c(F)c1F. The number of allylic oxidation sites excluding steroid dienone is 1. The van der Waals surface area contributed by atoms with Crippen LogP contribution >= 0.6 is 0 Å². The van der Waals surface area contributed by atoms with Crippen molar-refractivity contribution in [3.63, 3.8) is 0 Å². The van der Waals surface area contributed by atoms with E-state index >= 15 is 0 Å². The maximum absolute atomic E-state index is 13.4. The molecule has 1 aromatic carbocycles. The zero-order valence-corrected chi connectivity index (χ0v) is 9.85. The predicted molar refractivity (Wildman–Crippen MR) is 60.5 cm³/mol. The van der Waals surface area contributed by atoms with Crippen molar-refractivity contribution in [3.8, 4) is 0 Å². The predicted octanol–water partition coefficient (Wildman–Crippen LogP) is 3.08. The molecule has 102 valence electrons. The van der Waals surface area contributed by atoms with Crippen LogP contribution in [0.3, 0.4) is 0 Å². The van der Waals surface area contributed by atoms with Crippen LogP contribution in [0.2, 0.25) is 0 Å². The van der Waals surface area contributed by atoms with Gasteiger partial charge in [-0.05, 0) is 25.3 Å². The quantitative estimate of drug-likeness (QED) is 0.381. The fourth-order valence-electron chi connectivity index (χ4n) is 1.93. The van der Waals surface area contributed by atoms with Crippen molar-refractivity contribution < 1.29 is 22.4 Å². The van der Waals surface area contributed by atoms with E-state index < -0.39 is 34.7 Å². The van der Waals surface area contributed by atoms with Gasteiger partial charge in [-0.1, -0.05) is 12.2 Å². The number of carbonyl (C=O) groups is 1. The maximum atomic E-state index is 13.4. The molecule has 0 aliphatic heterocycles. The van der Waals surface area contributed by atoms with Gasteiger partial charge in [-0.25, -0.2) is 17.6 Å². The molecule has 6 heteroatoms. The Morgan fingerprint density at radius 1 is 1.11 bits per heavy atom. The van der Waals surface area contributed by atoms with E-state index in [2.05, 4.69) is 5.32 Å². The topological polar surface area (TPSA) is 29.1 Å². The Hall–Kier alpha value is -1.85. The smallest absolute Gasteiger partial charge is 0.254 e. The fourth-order valence-corrected chi connectivity index (χ4v) is 1.93. The highest BCUT2D eigenvalue weighted by Gasteiger charge is 2.24. The van der Waals surface area contributed by atoms with Crippen LogP contribution in [0.4, 0.5) is 17.6 Å². The number of amides is 1. The minimum atomic E-state index is -1.98. The number of hydrogen-bond acceptors (Lipinski definition) is 1. The number of halogens is 4. The number of rotatable bonds is 2. The summed E-state index contributed by atoms with van der Waals surface area (Å²) >= 11 is 0. The van der Waals surface area contributed by atoms with Crippen molar-refractivity contribution in [3.05, 3.63) is 47.1 Å². The number of nitrogens with one attached hydrogen (secondary N) is 1. The van der Waals surface area contributed by atoms with Crippen LogP contribution in [-0.2, 0) is 0 Å². The Kier molecular flexibility index (Phi) is 3.87. The minimum absolute atomic E-state index is 0.215. The molecule has 0 saturated heterocycles. The fraction of sp³-hybridized carbons (Fsp3) is 0.308. The molecule has 0 heterocycles. The summed E-state index contributed by atoms with van der Waals surface area (Å²) in [6.45, 7) is 0. The van der Waals surface area contributed by atoms with Gasteiger partial charge >= 0.3 is 0 Å². The van der Waals surface area contributed by atoms with Crippen LogP contribution in [0.1, 0.15) is 29.6 Å². The molecule has 1 aliphatic carbocycles. The Bertz CT molecular complexity index is 542. The lowest BCUT2D eigenvalue weighted by atomic mass is 10.0. The van der Waals surface area contributed by atoms with E-state index in [1.807, 2.05) is 12.2 Å². The van der Waals surface area contributed by atoms with Gasteiger partial charge in [0.15, 0.2) is 23.3 Å². The maximum Gasteiger partial charge on any atom is 0.254 e. The van der Waals surface area contributed by atoms with E-state index in [0.717, 1.165) is 6.42 Å². The van der Waals surface area contributed by atoms with Crippen LogP contribution < -0.4 is 5.32 Å². The monoisotopic (exact) mass is 273 g/mol. The average Bonchev–Trinajstić information content (AvgIpc) is 2.41. The van der Waals surface area contributed by atoms with Gasteiger partial charge in [0, 0.05) is 6.04 Å². The Morgan fingerprint density at radius 3 is 2.47 bits per heavy atom. The van der Waals surface area contributed by atoms with Crippen LogP contribution in [0.25, 0.3) is 0 Å². The van der Waals surface area contributed by atoms with Gasteiger partial charge in [0.25, 0.3) is 5.91 Å². The number of hydrogen-bond donors (Lipinski definition) is 1. The van der Waals surface area contributed by atoms with Gasteiger partial charge in [0.05, 0.1) is 5.56 Å². The third-order valence-corrected chi connectivity index (χ3v) is 2.95. The van der Waals surface area contributed by atoms with Gasteiger partial charge in [-0.15, -0.1) is 0 Å². The lowest BCUT2D eigenvalue weighted by molar-refractivity contribution is 0.0928. The molecule has 1 amide bonds. The Balaban J connectivity index is 2.21. The number of benzene rings is 1. The summed E-state index contributed by atoms with van der Waals surface area (Å²) in [6.07, 6.45) is 5.80. The van der Waals surface area contributed by atoms with E-state index in [1.165, 1.54) is 0 Å². The zero-order valence-electron chi connectivity index (χ0n) is 9.85. The zero-order chi connectivity index (χ0) is 14.0. The Labute approximate surface area is 107 Å². The summed E-state index contributed by atoms with van der Waals surface area (Å²) in [5.74, 6) is -8.12. The molecular weight excluding hydrogens is 262 g/mol. The van der Waals surface area contributed by atoms with E-state index in [-0.39, 0.29) is 6.04 Å². The second-order valence-electron chi connectivity index (χ2n) is 4.30. The largest absolute Gasteiger partial charge is 0.349 e. The van der Waals surface area contributed by atoms with Crippen LogP contribution in [-0.4, -0.2) is 11.9 Å². The van der Waals surface area contributed by atoms with Gasteiger partial charge < -0.3 is 5.32 Å². The third kappa shape index (κ3) is 2.77. The molecule has 1 unspecified atom stereocenters. The van der Waals surface area contributed by atoms with Crippen LogP contribution in [0.15, 0.2) is 18.2 Å². The van der Waals surface area contributed by atoms with E-state index in [1.54, 1.807) is 0 Å². The van der Waals surface area contributed by atoms with Crippen molar-refractivity contribution in [1.29, 1.82) is 0 Å². The van der Waals surface area contributed by atoms with Gasteiger partial charge in [0.1, 0.15) is 0 Å². The first-order chi connectivity index (χ1) is 9.00. The molecule has 0 fully saturated rings. The molecule has 19 heavy (non-hydrogen) atoms. The van der Waals surface area contributed by atoms with Gasteiger partial charge in [-0.3, -0.25) is 4.79 Å². The lowest BCUT2D eigenvalue weighted by Crippen LogP contribution is -2.36. The second kappa shape index (κ2) is 5.42. The standard InChI is InChI=1S/C13H11F4NO/c14-9-6-8(10(15)12(17)11(9)16)13(19)18-7-4-2-1-3-5-7/h1-2,6-7H,3-5H2,(H,18,19). The summed E-state index contributed by atoms with van der Waals surface area (Å²) in [7, 11) is 0. The third-order valence-electron chi connectivity index (χ3n) is 2.95. The van der Waals surface area contributed by atoms with Crippen molar-refractivity contribution in [2.45, 2.75) is 25.3 Å². The highest BCUT2D eigenvalue weighted by atomic mass is 19.2. The molecule has 0 radical (unpaired) electrons. The van der Waals surface area contributed by atoms with Crippen molar-refractivity contribution in [2.75, 3.05) is 0 Å². The average molecular weight is 273 g/mol. The summed E-state index contributed by atoms with van der Waals surface area (Å²) in [5, 5.41) is 2.46. The minimum Gasteiger partial charge on any atom is -0.349 e. The van der Waals surface area contributed by atoms with Crippen LogP contribution in [0, 0.1) is 23.3 Å². The van der Waals surface area contributed by atoms with E-state index in [4.69, 9.17) is 0 Å². The first-order valence-corrected chi connectivity index (χ1v) is 5.79. The molecule has 1 N–H and O–H groups in total. The molecule has 1 atom stereocenters. The molecule has 0 bridgehead atoms. The van der Waals surface area contributed by atoms with Crippen LogP contribution in [0.5, 0.6) is 0 Å².